The van der Waals surface area contributed by atoms with Gasteiger partial charge in [0.1, 0.15) is 12.2 Å². The smallest absolute Gasteiger partial charge is 0.303 e. The molecule has 0 aliphatic rings. The standard InChI is InChI=1S/C16H22O4/c1-5-15(19-11(3)17)13-7-9-14(10-8-13)16(6-2)20-12(4)18/h7-10,15-16H,5-6H2,1-4H3. The van der Waals surface area contributed by atoms with Crippen molar-refractivity contribution in [1.82, 2.24) is 0 Å². The van der Waals surface area contributed by atoms with Crippen LogP contribution in [-0.4, -0.2) is 11.9 Å². The highest BCUT2D eigenvalue weighted by Gasteiger charge is 2.15. The highest BCUT2D eigenvalue weighted by Crippen LogP contribution is 2.26. The summed E-state index contributed by atoms with van der Waals surface area (Å²) in [4.78, 5) is 22.1. The van der Waals surface area contributed by atoms with E-state index >= 15 is 0 Å². The topological polar surface area (TPSA) is 52.6 Å². The largest absolute Gasteiger partial charge is 0.458 e. The Kier molecular flexibility index (Phi) is 6.22. The van der Waals surface area contributed by atoms with E-state index in [2.05, 4.69) is 0 Å². The lowest BCUT2D eigenvalue weighted by Crippen LogP contribution is -2.09. The summed E-state index contributed by atoms with van der Waals surface area (Å²) < 4.78 is 10.5. The third-order valence-corrected chi connectivity index (χ3v) is 3.04. The van der Waals surface area contributed by atoms with Gasteiger partial charge in [-0.2, -0.15) is 0 Å². The zero-order chi connectivity index (χ0) is 15.1. The molecule has 0 aliphatic carbocycles. The Morgan fingerprint density at radius 2 is 1.15 bits per heavy atom. The summed E-state index contributed by atoms with van der Waals surface area (Å²) in [6.07, 6.45) is 0.992. The quantitative estimate of drug-likeness (QED) is 0.744. The van der Waals surface area contributed by atoms with Crippen LogP contribution in [0.5, 0.6) is 0 Å². The molecule has 2 unspecified atom stereocenters. The zero-order valence-corrected chi connectivity index (χ0v) is 12.5. The first-order valence-corrected chi connectivity index (χ1v) is 6.92. The maximum atomic E-state index is 11.0. The molecule has 1 aromatic carbocycles. The van der Waals surface area contributed by atoms with Crippen LogP contribution in [0.15, 0.2) is 24.3 Å². The Bertz CT molecular complexity index is 407. The van der Waals surface area contributed by atoms with Gasteiger partial charge in [0.15, 0.2) is 0 Å². The first-order chi connectivity index (χ1) is 9.47. The van der Waals surface area contributed by atoms with Crippen LogP contribution in [0, 0.1) is 0 Å². The van der Waals surface area contributed by atoms with Gasteiger partial charge in [-0.1, -0.05) is 38.1 Å². The second kappa shape index (κ2) is 7.68. The summed E-state index contributed by atoms with van der Waals surface area (Å²) in [5.74, 6) is -0.570. The lowest BCUT2D eigenvalue weighted by atomic mass is 10.0. The van der Waals surface area contributed by atoms with Crippen LogP contribution < -0.4 is 0 Å². The molecule has 0 N–H and O–H groups in total. The Morgan fingerprint density at radius 1 is 0.850 bits per heavy atom. The second-order valence-electron chi connectivity index (χ2n) is 4.68. The van der Waals surface area contributed by atoms with Crippen molar-refractivity contribution in [3.8, 4) is 0 Å². The van der Waals surface area contributed by atoms with Crippen molar-refractivity contribution in [3.63, 3.8) is 0 Å². The molecule has 0 aromatic heterocycles. The summed E-state index contributed by atoms with van der Waals surface area (Å²) in [5, 5.41) is 0. The van der Waals surface area contributed by atoms with Gasteiger partial charge >= 0.3 is 11.9 Å². The molecule has 0 fully saturated rings. The van der Waals surface area contributed by atoms with E-state index in [1.165, 1.54) is 13.8 Å². The van der Waals surface area contributed by atoms with Crippen LogP contribution >= 0.6 is 0 Å². The number of rotatable bonds is 6. The fraction of sp³-hybridized carbons (Fsp3) is 0.500. The summed E-state index contributed by atoms with van der Waals surface area (Å²) >= 11 is 0. The van der Waals surface area contributed by atoms with Crippen LogP contribution in [0.4, 0.5) is 0 Å². The Morgan fingerprint density at radius 3 is 1.35 bits per heavy atom. The Balaban J connectivity index is 2.85. The summed E-state index contributed by atoms with van der Waals surface area (Å²) in [6.45, 7) is 6.75. The molecule has 0 spiro atoms. The van der Waals surface area contributed by atoms with E-state index in [0.29, 0.717) is 0 Å². The van der Waals surface area contributed by atoms with Gasteiger partial charge in [-0.15, -0.1) is 0 Å². The predicted molar refractivity (Wildman–Crippen MR) is 76.0 cm³/mol. The van der Waals surface area contributed by atoms with E-state index in [1.54, 1.807) is 0 Å². The van der Waals surface area contributed by atoms with Gasteiger partial charge in [0.05, 0.1) is 0 Å². The van der Waals surface area contributed by atoms with Gasteiger partial charge in [-0.25, -0.2) is 0 Å². The van der Waals surface area contributed by atoms with E-state index in [9.17, 15) is 9.59 Å². The monoisotopic (exact) mass is 278 g/mol. The third-order valence-electron chi connectivity index (χ3n) is 3.04. The lowest BCUT2D eigenvalue weighted by Gasteiger charge is -2.18. The zero-order valence-electron chi connectivity index (χ0n) is 12.5. The van der Waals surface area contributed by atoms with Crippen molar-refractivity contribution in [2.75, 3.05) is 0 Å². The Labute approximate surface area is 120 Å². The molecular formula is C16H22O4. The van der Waals surface area contributed by atoms with Gasteiger partial charge in [0, 0.05) is 13.8 Å². The summed E-state index contributed by atoms with van der Waals surface area (Å²) in [5.41, 5.74) is 1.90. The minimum atomic E-state index is -0.285. The molecule has 110 valence electrons. The van der Waals surface area contributed by atoms with E-state index in [4.69, 9.17) is 9.47 Å². The van der Waals surface area contributed by atoms with Gasteiger partial charge in [-0.3, -0.25) is 9.59 Å². The molecule has 0 amide bonds. The average molecular weight is 278 g/mol. The minimum absolute atomic E-state index is 0.227. The van der Waals surface area contributed by atoms with E-state index < -0.39 is 0 Å². The molecule has 1 aromatic rings. The van der Waals surface area contributed by atoms with Gasteiger partial charge in [0.2, 0.25) is 0 Å². The molecule has 0 radical (unpaired) electrons. The second-order valence-corrected chi connectivity index (χ2v) is 4.68. The van der Waals surface area contributed by atoms with Crippen molar-refractivity contribution < 1.29 is 19.1 Å². The van der Waals surface area contributed by atoms with E-state index in [1.807, 2.05) is 38.1 Å². The van der Waals surface area contributed by atoms with Crippen molar-refractivity contribution in [2.24, 2.45) is 0 Å². The normalized spacial score (nSPS) is 13.4. The van der Waals surface area contributed by atoms with Gasteiger partial charge in [0.25, 0.3) is 0 Å². The van der Waals surface area contributed by atoms with Crippen LogP contribution in [0.3, 0.4) is 0 Å². The van der Waals surface area contributed by atoms with Crippen LogP contribution in [0.25, 0.3) is 0 Å². The van der Waals surface area contributed by atoms with Crippen LogP contribution in [0.2, 0.25) is 0 Å². The molecule has 2 atom stereocenters. The minimum Gasteiger partial charge on any atom is -0.458 e. The first-order valence-electron chi connectivity index (χ1n) is 6.92. The molecule has 20 heavy (non-hydrogen) atoms. The number of carbonyl (C=O) groups excluding carboxylic acids is 2. The average Bonchev–Trinajstić information content (AvgIpc) is 2.42. The van der Waals surface area contributed by atoms with Crippen LogP contribution in [0.1, 0.15) is 63.9 Å². The van der Waals surface area contributed by atoms with E-state index in [0.717, 1.165) is 24.0 Å². The number of hydrogen-bond donors (Lipinski definition) is 0. The van der Waals surface area contributed by atoms with Crippen molar-refractivity contribution in [2.45, 2.75) is 52.7 Å². The molecule has 4 nitrogen and oxygen atoms in total. The van der Waals surface area contributed by atoms with Crippen molar-refractivity contribution in [3.05, 3.63) is 35.4 Å². The molecule has 0 heterocycles. The molecule has 0 aliphatic heterocycles. The highest BCUT2D eigenvalue weighted by molar-refractivity contribution is 5.66. The third kappa shape index (κ3) is 4.68. The molecule has 0 saturated heterocycles. The maximum absolute atomic E-state index is 11.0. The van der Waals surface area contributed by atoms with Crippen molar-refractivity contribution >= 4 is 11.9 Å². The number of ether oxygens (including phenoxy) is 2. The maximum Gasteiger partial charge on any atom is 0.303 e. The Hall–Kier alpha value is -1.84. The number of hydrogen-bond acceptors (Lipinski definition) is 4. The van der Waals surface area contributed by atoms with Gasteiger partial charge in [-0.05, 0) is 24.0 Å². The van der Waals surface area contributed by atoms with Crippen LogP contribution in [-0.2, 0) is 19.1 Å². The lowest BCUT2D eigenvalue weighted by molar-refractivity contribution is -0.148. The fourth-order valence-electron chi connectivity index (χ4n) is 2.10. The molecule has 0 bridgehead atoms. The molecule has 1 rings (SSSR count). The first kappa shape index (κ1) is 16.2. The van der Waals surface area contributed by atoms with Gasteiger partial charge < -0.3 is 9.47 Å². The predicted octanol–water partition coefficient (Wildman–Crippen LogP) is 3.72. The number of benzene rings is 1. The fourth-order valence-corrected chi connectivity index (χ4v) is 2.10. The molecule has 0 saturated carbocycles. The number of carbonyl (C=O) groups is 2. The summed E-state index contributed by atoms with van der Waals surface area (Å²) in [6, 6.07) is 7.66. The van der Waals surface area contributed by atoms with Crippen molar-refractivity contribution in [1.29, 1.82) is 0 Å². The SMILES string of the molecule is CCC(OC(C)=O)c1ccc(C(CC)OC(C)=O)cc1. The molecular weight excluding hydrogens is 256 g/mol. The highest BCUT2D eigenvalue weighted by atomic mass is 16.5. The van der Waals surface area contributed by atoms with E-state index in [-0.39, 0.29) is 24.1 Å². The summed E-state index contributed by atoms with van der Waals surface area (Å²) in [7, 11) is 0. The number of esters is 2. The molecule has 4 heteroatoms.